The highest BCUT2D eigenvalue weighted by molar-refractivity contribution is 6.60. The van der Waals surface area contributed by atoms with E-state index >= 15 is 0 Å². The Morgan fingerprint density at radius 3 is 1.41 bits per heavy atom. The van der Waals surface area contributed by atoms with Gasteiger partial charge in [0.25, 0.3) is 0 Å². The number of allylic oxidation sites excluding steroid dienone is 8. The molecule has 134 valence electrons. The van der Waals surface area contributed by atoms with Crippen LogP contribution < -0.4 is 0 Å². The topological polar surface area (TPSA) is 0 Å². The van der Waals surface area contributed by atoms with Crippen LogP contribution in [0.2, 0.25) is 0 Å². The van der Waals surface area contributed by atoms with Gasteiger partial charge in [0.2, 0.25) is 0 Å². The Labute approximate surface area is 167 Å². The summed E-state index contributed by atoms with van der Waals surface area (Å²) < 4.78 is 0. The second-order valence-electron chi connectivity index (χ2n) is 8.61. The van der Waals surface area contributed by atoms with Gasteiger partial charge in [-0.3, -0.25) is 0 Å². The lowest BCUT2D eigenvalue weighted by atomic mass is 9.75. The van der Waals surface area contributed by atoms with Crippen molar-refractivity contribution in [3.63, 3.8) is 0 Å². The first kappa shape index (κ1) is 17.0. The lowest BCUT2D eigenvalue weighted by molar-refractivity contribution is 0.802. The van der Waals surface area contributed by atoms with E-state index in [9.17, 15) is 0 Å². The van der Waals surface area contributed by atoms with Gasteiger partial charge in [-0.2, -0.15) is 0 Å². The standard InChI is InChI=1S/C25H26Si2/c1-15-5-9-19-20-10-6-16(2)14-22(20)25(21(19)13-15,23-11-7-17(3)26-23)24-12-8-18(4)27-24/h5-14H,26-27H2,1-4H3. The molecule has 0 saturated carbocycles. The van der Waals surface area contributed by atoms with Gasteiger partial charge in [0.15, 0.2) is 0 Å². The van der Waals surface area contributed by atoms with Crippen molar-refractivity contribution >= 4 is 19.0 Å². The Kier molecular flexibility index (Phi) is 3.72. The second kappa shape index (κ2) is 5.92. The summed E-state index contributed by atoms with van der Waals surface area (Å²) in [5, 5.41) is 6.64. The molecule has 0 bridgehead atoms. The monoisotopic (exact) mass is 382 g/mol. The van der Waals surface area contributed by atoms with E-state index in [0.717, 1.165) is 0 Å². The summed E-state index contributed by atoms with van der Waals surface area (Å²) in [4.78, 5) is 0. The molecule has 2 aromatic rings. The van der Waals surface area contributed by atoms with Gasteiger partial charge in [0.05, 0.1) is 24.5 Å². The zero-order valence-electron chi connectivity index (χ0n) is 16.7. The molecule has 5 rings (SSSR count). The van der Waals surface area contributed by atoms with Crippen LogP contribution in [0.4, 0.5) is 0 Å². The molecule has 0 nitrogen and oxygen atoms in total. The fraction of sp³-hybridized carbons (Fsp3) is 0.200. The van der Waals surface area contributed by atoms with Gasteiger partial charge in [-0.05, 0) is 49.9 Å². The molecule has 0 N–H and O–H groups in total. The molecule has 2 aliphatic heterocycles. The average molecular weight is 383 g/mol. The van der Waals surface area contributed by atoms with Crippen LogP contribution >= 0.6 is 0 Å². The molecule has 2 heteroatoms. The summed E-state index contributed by atoms with van der Waals surface area (Å²) >= 11 is 0. The Balaban J connectivity index is 1.88. The molecule has 0 amide bonds. The van der Waals surface area contributed by atoms with Crippen molar-refractivity contribution < 1.29 is 0 Å². The van der Waals surface area contributed by atoms with Crippen molar-refractivity contribution in [2.45, 2.75) is 33.1 Å². The fourth-order valence-corrected chi connectivity index (χ4v) is 9.43. The quantitative estimate of drug-likeness (QED) is 0.670. The molecule has 0 atom stereocenters. The van der Waals surface area contributed by atoms with Crippen LogP contribution in [0.3, 0.4) is 0 Å². The normalized spacial score (nSPS) is 21.0. The zero-order chi connectivity index (χ0) is 18.8. The van der Waals surface area contributed by atoms with Gasteiger partial charge < -0.3 is 0 Å². The van der Waals surface area contributed by atoms with E-state index in [-0.39, 0.29) is 24.5 Å². The van der Waals surface area contributed by atoms with E-state index in [1.807, 2.05) is 0 Å². The lowest BCUT2D eigenvalue weighted by Crippen LogP contribution is -2.34. The minimum atomic E-state index is -0.378. The summed E-state index contributed by atoms with van der Waals surface area (Å²) in [6.45, 7) is 9.15. The summed E-state index contributed by atoms with van der Waals surface area (Å²) in [7, 11) is -0.756. The predicted molar refractivity (Wildman–Crippen MR) is 123 cm³/mol. The smallest absolute Gasteiger partial charge is 0.0789 e. The predicted octanol–water partition coefficient (Wildman–Crippen LogP) is 4.51. The third-order valence-electron chi connectivity index (χ3n) is 6.49. The number of benzene rings is 2. The summed E-state index contributed by atoms with van der Waals surface area (Å²) in [6, 6.07) is 14.3. The summed E-state index contributed by atoms with van der Waals surface area (Å²) in [6.07, 6.45) is 9.75. The molecule has 27 heavy (non-hydrogen) atoms. The van der Waals surface area contributed by atoms with Gasteiger partial charge in [-0.25, -0.2) is 0 Å². The van der Waals surface area contributed by atoms with Crippen LogP contribution in [0, 0.1) is 13.8 Å². The average Bonchev–Trinajstić information content (AvgIpc) is 3.31. The van der Waals surface area contributed by atoms with E-state index in [1.165, 1.54) is 22.3 Å². The third-order valence-corrected chi connectivity index (χ3v) is 10.4. The molecular formula is C25H26Si2. The van der Waals surface area contributed by atoms with Crippen molar-refractivity contribution in [3.05, 3.63) is 104 Å². The lowest BCUT2D eigenvalue weighted by Gasteiger charge is -2.37. The van der Waals surface area contributed by atoms with E-state index < -0.39 is 0 Å². The second-order valence-corrected chi connectivity index (χ2v) is 13.1. The maximum Gasteiger partial charge on any atom is 0.0789 e. The number of aryl methyl sites for hydroxylation is 2. The number of rotatable bonds is 2. The van der Waals surface area contributed by atoms with E-state index in [2.05, 4.69) is 88.4 Å². The van der Waals surface area contributed by atoms with Crippen LogP contribution in [0.25, 0.3) is 11.1 Å². The van der Waals surface area contributed by atoms with E-state index in [0.29, 0.717) is 0 Å². The fourth-order valence-electron chi connectivity index (χ4n) is 5.29. The van der Waals surface area contributed by atoms with Crippen molar-refractivity contribution in [2.75, 3.05) is 0 Å². The Bertz CT molecular complexity index is 1020. The van der Waals surface area contributed by atoms with Gasteiger partial charge in [0.1, 0.15) is 0 Å². The number of fused-ring (bicyclic) bond motifs is 3. The Morgan fingerprint density at radius 1 is 0.593 bits per heavy atom. The van der Waals surface area contributed by atoms with Crippen LogP contribution in [-0.2, 0) is 5.41 Å². The molecule has 0 saturated heterocycles. The zero-order valence-corrected chi connectivity index (χ0v) is 19.5. The largest absolute Gasteiger partial charge is 0.0860 e. The minimum absolute atomic E-state index is 0.00364. The van der Waals surface area contributed by atoms with Gasteiger partial charge >= 0.3 is 0 Å². The first-order valence-corrected chi connectivity index (χ1v) is 12.8. The van der Waals surface area contributed by atoms with Crippen LogP contribution in [0.1, 0.15) is 36.1 Å². The highest BCUT2D eigenvalue weighted by atomic mass is 28.2. The number of hydrogen-bond donors (Lipinski definition) is 0. The van der Waals surface area contributed by atoms with Crippen molar-refractivity contribution in [1.29, 1.82) is 0 Å². The first-order valence-electron chi connectivity index (χ1n) is 9.96. The summed E-state index contributed by atoms with van der Waals surface area (Å²) in [5.74, 6) is 0. The van der Waals surface area contributed by atoms with Gasteiger partial charge in [-0.15, -0.1) is 0 Å². The van der Waals surface area contributed by atoms with Crippen LogP contribution in [-0.4, -0.2) is 19.0 Å². The molecule has 0 spiro atoms. The van der Waals surface area contributed by atoms with Crippen LogP contribution in [0.15, 0.2) is 81.5 Å². The maximum absolute atomic E-state index is 2.48. The highest BCUT2D eigenvalue weighted by Gasteiger charge is 2.49. The van der Waals surface area contributed by atoms with Crippen molar-refractivity contribution in [3.8, 4) is 11.1 Å². The Hall–Kier alpha value is -2.17. The van der Waals surface area contributed by atoms with Crippen molar-refractivity contribution in [1.82, 2.24) is 0 Å². The molecule has 0 radical (unpaired) electrons. The molecule has 0 fully saturated rings. The third kappa shape index (κ3) is 2.33. The van der Waals surface area contributed by atoms with Crippen LogP contribution in [0.5, 0.6) is 0 Å². The molecule has 0 unspecified atom stereocenters. The van der Waals surface area contributed by atoms with E-state index in [4.69, 9.17) is 0 Å². The molecule has 3 aliphatic rings. The van der Waals surface area contributed by atoms with E-state index in [1.54, 1.807) is 31.9 Å². The Morgan fingerprint density at radius 2 is 1.04 bits per heavy atom. The number of hydrogen-bond acceptors (Lipinski definition) is 0. The SMILES string of the molecule is CC1=CC=C(C2(C3=CC=C(C)[SiH2]3)c3cc(C)ccc3-c3ccc(C)cc32)[SiH2]1. The highest BCUT2D eigenvalue weighted by Crippen LogP contribution is 2.57. The van der Waals surface area contributed by atoms with Gasteiger partial charge in [0, 0.05) is 0 Å². The molecule has 0 aromatic heterocycles. The molecular weight excluding hydrogens is 356 g/mol. The molecule has 1 aliphatic carbocycles. The van der Waals surface area contributed by atoms with Gasteiger partial charge in [-0.1, -0.05) is 92.6 Å². The molecule has 2 heterocycles. The van der Waals surface area contributed by atoms with Crippen molar-refractivity contribution in [2.24, 2.45) is 0 Å². The summed E-state index contributed by atoms with van der Waals surface area (Å²) in [5.41, 5.74) is 8.75. The first-order chi connectivity index (χ1) is 13.0. The maximum atomic E-state index is 2.48. The minimum Gasteiger partial charge on any atom is -0.0860 e. The molecule has 2 aromatic carbocycles.